The maximum Gasteiger partial charge on any atom is 0.313 e. The number of likely N-dealkylation sites (tertiary alicyclic amines) is 1. The molecule has 1 unspecified atom stereocenters. The molecule has 4 rings (SSSR count). The lowest BCUT2D eigenvalue weighted by molar-refractivity contribution is -0.161. The van der Waals surface area contributed by atoms with E-state index in [2.05, 4.69) is 34.4 Å². The zero-order chi connectivity index (χ0) is 34.3. The Bertz CT molecular complexity index is 1290. The number of halogens is 1. The van der Waals surface area contributed by atoms with Gasteiger partial charge in [-0.05, 0) is 30.7 Å². The number of ether oxygens (including phenoxy) is 2. The summed E-state index contributed by atoms with van der Waals surface area (Å²) in [4.78, 5) is 58.9. The Kier molecular flexibility index (Phi) is 12.8. The number of aliphatic hydroxyl groups excluding tert-OH is 1. The number of rotatable bonds is 18. The van der Waals surface area contributed by atoms with Gasteiger partial charge in [0.05, 0.1) is 37.1 Å². The molecule has 3 aliphatic heterocycles. The van der Waals surface area contributed by atoms with Gasteiger partial charge in [0, 0.05) is 24.3 Å². The van der Waals surface area contributed by atoms with E-state index in [4.69, 9.17) is 9.47 Å². The number of hydrogen-bond donors (Lipinski definition) is 2. The number of nitrogens with zero attached hydrogens (tertiary/aromatic N) is 2. The number of benzene rings is 1. The van der Waals surface area contributed by atoms with Gasteiger partial charge in [0.25, 0.3) is 0 Å². The third-order valence-corrected chi connectivity index (χ3v) is 10.9. The molecule has 1 aromatic carbocycles. The number of carbonyl (C=O) groups is 4. The van der Waals surface area contributed by atoms with Crippen LogP contribution >= 0.6 is 15.9 Å². The zero-order valence-electron chi connectivity index (χ0n) is 27.8. The van der Waals surface area contributed by atoms with Gasteiger partial charge in [-0.25, -0.2) is 0 Å². The molecule has 2 bridgehead atoms. The second-order valence-electron chi connectivity index (χ2n) is 12.9. The van der Waals surface area contributed by atoms with Crippen molar-refractivity contribution in [3.05, 3.63) is 61.2 Å². The maximum absolute atomic E-state index is 14.7. The first-order valence-corrected chi connectivity index (χ1v) is 17.8. The van der Waals surface area contributed by atoms with Gasteiger partial charge in [0.2, 0.25) is 17.7 Å². The van der Waals surface area contributed by atoms with E-state index in [-0.39, 0.29) is 48.0 Å². The van der Waals surface area contributed by atoms with Crippen molar-refractivity contribution in [1.82, 2.24) is 15.1 Å². The maximum atomic E-state index is 14.7. The molecule has 2 N–H and O–H groups in total. The molecule has 3 amide bonds. The molecule has 258 valence electrons. The summed E-state index contributed by atoms with van der Waals surface area (Å²) in [5, 5.41) is 13.5. The largest absolute Gasteiger partial charge is 0.455 e. The molecule has 9 atom stereocenters. The number of fused-ring (bicyclic) bond motifs is 1. The quantitative estimate of drug-likeness (QED) is 0.132. The molecule has 1 aromatic rings. The van der Waals surface area contributed by atoms with Crippen LogP contribution in [0, 0.1) is 17.8 Å². The van der Waals surface area contributed by atoms with Crippen LogP contribution in [0.3, 0.4) is 0 Å². The molecule has 3 fully saturated rings. The highest BCUT2D eigenvalue weighted by Crippen LogP contribution is 2.61. The van der Waals surface area contributed by atoms with Crippen molar-refractivity contribution in [2.75, 3.05) is 26.2 Å². The van der Waals surface area contributed by atoms with Crippen LogP contribution in [0.1, 0.15) is 71.0 Å². The van der Waals surface area contributed by atoms with Crippen LogP contribution in [0.2, 0.25) is 0 Å². The van der Waals surface area contributed by atoms with Crippen LogP contribution in [0.15, 0.2) is 55.6 Å². The molecule has 3 aliphatic rings. The average molecular weight is 717 g/mol. The van der Waals surface area contributed by atoms with E-state index >= 15 is 0 Å². The molecule has 0 radical (unpaired) electrons. The van der Waals surface area contributed by atoms with Crippen LogP contribution in [-0.2, 0) is 28.7 Å². The second-order valence-corrected chi connectivity index (χ2v) is 14.1. The lowest BCUT2D eigenvalue weighted by Gasteiger charge is -2.41. The molecular weight excluding hydrogens is 666 g/mol. The minimum atomic E-state index is -1.29. The monoisotopic (exact) mass is 715 g/mol. The second kappa shape index (κ2) is 16.4. The van der Waals surface area contributed by atoms with Gasteiger partial charge in [-0.1, -0.05) is 92.0 Å². The fraction of sp³-hybridized carbons (Fsp3) is 0.611. The summed E-state index contributed by atoms with van der Waals surface area (Å²) >= 11 is 3.73. The Morgan fingerprint density at radius 2 is 1.96 bits per heavy atom. The number of esters is 1. The van der Waals surface area contributed by atoms with Crippen molar-refractivity contribution in [3.63, 3.8) is 0 Å². The van der Waals surface area contributed by atoms with Gasteiger partial charge in [-0.3, -0.25) is 19.2 Å². The molecule has 3 heterocycles. The van der Waals surface area contributed by atoms with E-state index in [1.807, 2.05) is 51.1 Å². The molecule has 3 saturated heterocycles. The van der Waals surface area contributed by atoms with E-state index in [0.29, 0.717) is 37.9 Å². The number of hydrogen-bond acceptors (Lipinski definition) is 7. The van der Waals surface area contributed by atoms with Crippen molar-refractivity contribution < 1.29 is 33.8 Å². The van der Waals surface area contributed by atoms with Crippen molar-refractivity contribution in [2.45, 2.75) is 94.0 Å². The summed E-state index contributed by atoms with van der Waals surface area (Å²) in [7, 11) is 0. The highest BCUT2D eigenvalue weighted by molar-refractivity contribution is 9.09. The Labute approximate surface area is 287 Å². The van der Waals surface area contributed by atoms with Gasteiger partial charge < -0.3 is 29.7 Å². The summed E-state index contributed by atoms with van der Waals surface area (Å²) in [6, 6.07) is 7.47. The summed E-state index contributed by atoms with van der Waals surface area (Å²) < 4.78 is 12.8. The minimum absolute atomic E-state index is 0.0489. The van der Waals surface area contributed by atoms with Gasteiger partial charge in [0.15, 0.2) is 0 Å². The van der Waals surface area contributed by atoms with Crippen LogP contribution < -0.4 is 5.32 Å². The van der Waals surface area contributed by atoms with Crippen LogP contribution in [-0.4, -0.2) is 93.5 Å². The number of alkyl halides is 1. The van der Waals surface area contributed by atoms with E-state index in [9.17, 15) is 24.3 Å². The number of unbranched alkanes of at least 4 members (excludes halogenated alkanes) is 1. The standard InChI is InChI=1S/C36H50BrN3O7/c1-6-10-17-28(42)38-21-27(24-15-13-12-14-16-24)46-35(45)29-30-33(43)40(26(22-41)23(5)9-4)32(36(30)20-25(37)31(29)47-36)34(44)39(18-8-3)19-11-7-2/h6,8,12-16,23,25-27,29-32,41H,1,3,7,9-11,17-22H2,2,4-5H3,(H,38,42)/t23-,25?,26-,27+,29-,30+,31-,32-,36+/m0/s1. The summed E-state index contributed by atoms with van der Waals surface area (Å²) in [6.45, 7) is 14.0. The van der Waals surface area contributed by atoms with Gasteiger partial charge in [-0.15, -0.1) is 13.2 Å². The van der Waals surface area contributed by atoms with Gasteiger partial charge in [0.1, 0.15) is 17.7 Å². The average Bonchev–Trinajstić information content (AvgIpc) is 3.67. The number of aliphatic hydroxyl groups is 1. The van der Waals surface area contributed by atoms with Gasteiger partial charge in [-0.2, -0.15) is 0 Å². The van der Waals surface area contributed by atoms with Crippen molar-refractivity contribution in [1.29, 1.82) is 0 Å². The summed E-state index contributed by atoms with van der Waals surface area (Å²) in [5.41, 5.74) is -0.593. The van der Waals surface area contributed by atoms with Crippen LogP contribution in [0.4, 0.5) is 0 Å². The Balaban J connectivity index is 1.72. The lowest BCUT2D eigenvalue weighted by atomic mass is 9.70. The van der Waals surface area contributed by atoms with Crippen LogP contribution in [0.25, 0.3) is 0 Å². The molecular formula is C36H50BrN3O7. The zero-order valence-corrected chi connectivity index (χ0v) is 29.4. The first kappa shape index (κ1) is 36.8. The SMILES string of the molecule is C=CCCC(=O)NC[C@@H](OC(=O)[C@@H]1[C@H]2O[C@@]3(CC2Br)[C@H](C(=O)N(CC=C)CCCC)N([C@@H](CO)[C@@H](C)CC)C(=O)[C@@H]13)c1ccccc1. The number of amides is 3. The van der Waals surface area contributed by atoms with E-state index < -0.39 is 47.7 Å². The van der Waals surface area contributed by atoms with E-state index in [1.54, 1.807) is 17.1 Å². The van der Waals surface area contributed by atoms with E-state index in [1.165, 1.54) is 4.90 Å². The normalized spacial score (nSPS) is 27.9. The first-order valence-electron chi connectivity index (χ1n) is 16.9. The fourth-order valence-corrected chi connectivity index (χ4v) is 8.34. The predicted molar refractivity (Wildman–Crippen MR) is 182 cm³/mol. The van der Waals surface area contributed by atoms with E-state index in [0.717, 1.165) is 12.8 Å². The smallest absolute Gasteiger partial charge is 0.313 e. The molecule has 1 spiro atoms. The molecule has 0 aliphatic carbocycles. The summed E-state index contributed by atoms with van der Waals surface area (Å²) in [6.07, 6.45) is 5.27. The highest BCUT2D eigenvalue weighted by atomic mass is 79.9. The number of nitrogens with one attached hydrogen (secondary N) is 1. The van der Waals surface area contributed by atoms with Crippen molar-refractivity contribution in [3.8, 4) is 0 Å². The first-order chi connectivity index (χ1) is 22.6. The third kappa shape index (κ3) is 7.37. The molecule has 0 saturated carbocycles. The van der Waals surface area contributed by atoms with Gasteiger partial charge >= 0.3 is 5.97 Å². The fourth-order valence-electron chi connectivity index (χ4n) is 7.40. The molecule has 10 nitrogen and oxygen atoms in total. The van der Waals surface area contributed by atoms with Crippen molar-refractivity contribution >= 4 is 39.6 Å². The molecule has 47 heavy (non-hydrogen) atoms. The van der Waals surface area contributed by atoms with Crippen LogP contribution in [0.5, 0.6) is 0 Å². The topological polar surface area (TPSA) is 125 Å². The predicted octanol–water partition coefficient (Wildman–Crippen LogP) is 4.32. The van der Waals surface area contributed by atoms with Crippen molar-refractivity contribution in [2.24, 2.45) is 17.8 Å². The summed E-state index contributed by atoms with van der Waals surface area (Å²) in [5.74, 6) is -3.56. The number of carbonyl (C=O) groups excluding carboxylic acids is 4. The minimum Gasteiger partial charge on any atom is -0.455 e. The third-order valence-electron chi connectivity index (χ3n) is 10.0. The lowest BCUT2D eigenvalue weighted by Crippen LogP contribution is -2.60. The Hall–Kier alpha value is -3.02. The number of allylic oxidation sites excluding steroid dienone is 1. The highest BCUT2D eigenvalue weighted by Gasteiger charge is 2.77. The Morgan fingerprint density at radius 3 is 2.57 bits per heavy atom. The molecule has 11 heteroatoms. The molecule has 0 aromatic heterocycles. The Morgan fingerprint density at radius 1 is 1.23 bits per heavy atom.